The predicted molar refractivity (Wildman–Crippen MR) is 113 cm³/mol. The van der Waals surface area contributed by atoms with Gasteiger partial charge in [0.15, 0.2) is 0 Å². The van der Waals surface area contributed by atoms with E-state index in [9.17, 15) is 13.2 Å². The topological polar surface area (TPSA) is 75.7 Å². The molecular formula is C20H26N2O4S2. The zero-order chi connectivity index (χ0) is 20.9. The number of ether oxygens (including phenoxy) is 1. The monoisotopic (exact) mass is 422 g/mol. The van der Waals surface area contributed by atoms with E-state index in [2.05, 4.69) is 5.32 Å². The molecule has 0 spiro atoms. The van der Waals surface area contributed by atoms with Gasteiger partial charge in [-0.2, -0.15) is 4.31 Å². The number of sulfonamides is 1. The van der Waals surface area contributed by atoms with Crippen molar-refractivity contribution in [3.63, 3.8) is 0 Å². The Kier molecular flexibility index (Phi) is 7.51. The SMILES string of the molecule is COc1ccccc1CN(C)S(=O)(=O)c1ccc(SC)c(NC(=O)C(C)C)c1. The van der Waals surface area contributed by atoms with E-state index in [1.165, 1.54) is 29.2 Å². The number of hydrogen-bond donors (Lipinski definition) is 1. The fourth-order valence-corrected chi connectivity index (χ4v) is 4.27. The van der Waals surface area contributed by atoms with Gasteiger partial charge in [-0.15, -0.1) is 11.8 Å². The molecule has 0 saturated heterocycles. The van der Waals surface area contributed by atoms with Gasteiger partial charge in [-0.25, -0.2) is 8.42 Å². The molecule has 2 rings (SSSR count). The minimum absolute atomic E-state index is 0.127. The van der Waals surface area contributed by atoms with E-state index in [0.29, 0.717) is 11.4 Å². The number of nitrogens with zero attached hydrogens (tertiary/aromatic N) is 1. The smallest absolute Gasteiger partial charge is 0.243 e. The van der Waals surface area contributed by atoms with Crippen LogP contribution in [-0.2, 0) is 21.4 Å². The molecule has 0 bridgehead atoms. The third-order valence-corrected chi connectivity index (χ3v) is 6.84. The first-order chi connectivity index (χ1) is 13.2. The molecule has 28 heavy (non-hydrogen) atoms. The molecule has 0 aliphatic carbocycles. The van der Waals surface area contributed by atoms with Crippen LogP contribution in [0.25, 0.3) is 0 Å². The normalized spacial score (nSPS) is 11.7. The van der Waals surface area contributed by atoms with Gasteiger partial charge < -0.3 is 10.1 Å². The Morgan fingerprint density at radius 3 is 2.50 bits per heavy atom. The van der Waals surface area contributed by atoms with Crippen LogP contribution in [-0.4, -0.2) is 39.0 Å². The highest BCUT2D eigenvalue weighted by atomic mass is 32.2. The lowest BCUT2D eigenvalue weighted by molar-refractivity contribution is -0.118. The molecule has 0 aliphatic heterocycles. The average molecular weight is 423 g/mol. The minimum atomic E-state index is -3.75. The molecule has 2 aromatic carbocycles. The first kappa shape index (κ1) is 22.3. The molecule has 1 amide bonds. The Morgan fingerprint density at radius 1 is 1.21 bits per heavy atom. The van der Waals surface area contributed by atoms with E-state index in [1.807, 2.05) is 24.5 Å². The number of carbonyl (C=O) groups is 1. The molecule has 0 fully saturated rings. The molecule has 6 nitrogen and oxygen atoms in total. The summed E-state index contributed by atoms with van der Waals surface area (Å²) in [5.74, 6) is 0.266. The van der Waals surface area contributed by atoms with Gasteiger partial charge in [-0.3, -0.25) is 4.79 Å². The first-order valence-corrected chi connectivity index (χ1v) is 11.4. The number of amides is 1. The van der Waals surface area contributed by atoms with Crippen LogP contribution in [0.5, 0.6) is 5.75 Å². The van der Waals surface area contributed by atoms with Crippen molar-refractivity contribution in [1.82, 2.24) is 4.31 Å². The van der Waals surface area contributed by atoms with Crippen molar-refractivity contribution in [2.24, 2.45) is 5.92 Å². The molecule has 0 heterocycles. The fraction of sp³-hybridized carbons (Fsp3) is 0.350. The first-order valence-electron chi connectivity index (χ1n) is 8.77. The fourth-order valence-electron chi connectivity index (χ4n) is 2.56. The lowest BCUT2D eigenvalue weighted by Crippen LogP contribution is -2.27. The Hall–Kier alpha value is -2.03. The Balaban J connectivity index is 2.35. The molecule has 152 valence electrons. The van der Waals surface area contributed by atoms with Crippen molar-refractivity contribution < 1.29 is 17.9 Å². The number of para-hydroxylation sites is 1. The van der Waals surface area contributed by atoms with Crippen molar-refractivity contribution in [3.05, 3.63) is 48.0 Å². The Morgan fingerprint density at radius 2 is 1.89 bits per heavy atom. The Bertz CT molecular complexity index is 943. The van der Waals surface area contributed by atoms with Crippen LogP contribution in [0.2, 0.25) is 0 Å². The molecule has 0 aromatic heterocycles. The van der Waals surface area contributed by atoms with Crippen molar-refractivity contribution >= 4 is 33.4 Å². The van der Waals surface area contributed by atoms with E-state index < -0.39 is 10.0 Å². The standard InChI is InChI=1S/C20H26N2O4S2/c1-14(2)20(23)21-17-12-16(10-11-19(17)27-5)28(24,25)22(3)13-15-8-6-7-9-18(15)26-4/h6-12,14H,13H2,1-5H3,(H,21,23). The zero-order valence-corrected chi connectivity index (χ0v) is 18.4. The second kappa shape index (κ2) is 9.45. The summed E-state index contributed by atoms with van der Waals surface area (Å²) < 4.78 is 32.7. The van der Waals surface area contributed by atoms with Crippen molar-refractivity contribution in [1.29, 1.82) is 0 Å². The molecule has 0 saturated carbocycles. The summed E-state index contributed by atoms with van der Waals surface area (Å²) in [5, 5.41) is 2.82. The van der Waals surface area contributed by atoms with E-state index in [0.717, 1.165) is 10.5 Å². The largest absolute Gasteiger partial charge is 0.496 e. The Labute approximate surface area is 171 Å². The quantitative estimate of drug-likeness (QED) is 0.654. The molecule has 1 N–H and O–H groups in total. The van der Waals surface area contributed by atoms with Gasteiger partial charge >= 0.3 is 0 Å². The number of nitrogens with one attached hydrogen (secondary N) is 1. The highest BCUT2D eigenvalue weighted by Crippen LogP contribution is 2.30. The van der Waals surface area contributed by atoms with E-state index in [4.69, 9.17) is 4.74 Å². The summed E-state index contributed by atoms with van der Waals surface area (Å²) in [6.07, 6.45) is 1.88. The molecule has 0 unspecified atom stereocenters. The second-order valence-electron chi connectivity index (χ2n) is 6.58. The molecule has 0 radical (unpaired) electrons. The molecule has 0 aliphatic rings. The maximum absolute atomic E-state index is 13.1. The summed E-state index contributed by atoms with van der Waals surface area (Å²) >= 11 is 1.44. The highest BCUT2D eigenvalue weighted by molar-refractivity contribution is 7.98. The third-order valence-electron chi connectivity index (χ3n) is 4.25. The van der Waals surface area contributed by atoms with E-state index >= 15 is 0 Å². The van der Waals surface area contributed by atoms with E-state index in [-0.39, 0.29) is 23.3 Å². The number of rotatable bonds is 8. The summed E-state index contributed by atoms with van der Waals surface area (Å²) in [7, 11) is -0.670. The highest BCUT2D eigenvalue weighted by Gasteiger charge is 2.23. The van der Waals surface area contributed by atoms with Gasteiger partial charge in [-0.1, -0.05) is 32.0 Å². The summed E-state index contributed by atoms with van der Waals surface area (Å²) in [6, 6.07) is 12.1. The van der Waals surface area contributed by atoms with Gasteiger partial charge in [0.05, 0.1) is 17.7 Å². The molecule has 8 heteroatoms. The van der Waals surface area contributed by atoms with Crippen molar-refractivity contribution in [2.45, 2.75) is 30.2 Å². The lowest BCUT2D eigenvalue weighted by atomic mass is 10.2. The van der Waals surface area contributed by atoms with Gasteiger partial charge in [0, 0.05) is 30.0 Å². The van der Waals surface area contributed by atoms with Crippen LogP contribution >= 0.6 is 11.8 Å². The summed E-state index contributed by atoms with van der Waals surface area (Å²) in [4.78, 5) is 13.0. The summed E-state index contributed by atoms with van der Waals surface area (Å²) in [6.45, 7) is 3.75. The number of benzene rings is 2. The van der Waals surface area contributed by atoms with Crippen LogP contribution in [0.4, 0.5) is 5.69 Å². The maximum atomic E-state index is 13.1. The predicted octanol–water partition coefficient (Wildman–Crippen LogP) is 3.83. The number of anilines is 1. The molecule has 0 atom stereocenters. The maximum Gasteiger partial charge on any atom is 0.243 e. The number of carbonyl (C=O) groups excluding carboxylic acids is 1. The van der Waals surface area contributed by atoms with Gasteiger partial charge in [0.1, 0.15) is 5.75 Å². The van der Waals surface area contributed by atoms with Gasteiger partial charge in [0.25, 0.3) is 0 Å². The van der Waals surface area contributed by atoms with Gasteiger partial charge in [-0.05, 0) is 30.5 Å². The van der Waals surface area contributed by atoms with Crippen LogP contribution < -0.4 is 10.1 Å². The minimum Gasteiger partial charge on any atom is -0.496 e. The zero-order valence-electron chi connectivity index (χ0n) is 16.7. The number of methoxy groups -OCH3 is 1. The molecule has 2 aromatic rings. The van der Waals surface area contributed by atoms with Crippen LogP contribution in [0.3, 0.4) is 0 Å². The van der Waals surface area contributed by atoms with Crippen LogP contribution in [0.15, 0.2) is 52.3 Å². The number of thioether (sulfide) groups is 1. The van der Waals surface area contributed by atoms with E-state index in [1.54, 1.807) is 39.2 Å². The lowest BCUT2D eigenvalue weighted by Gasteiger charge is -2.20. The molecular weight excluding hydrogens is 396 g/mol. The second-order valence-corrected chi connectivity index (χ2v) is 9.47. The van der Waals surface area contributed by atoms with Crippen LogP contribution in [0.1, 0.15) is 19.4 Å². The van der Waals surface area contributed by atoms with Crippen molar-refractivity contribution in [2.75, 3.05) is 25.7 Å². The van der Waals surface area contributed by atoms with Gasteiger partial charge in [0.2, 0.25) is 15.9 Å². The van der Waals surface area contributed by atoms with Crippen molar-refractivity contribution in [3.8, 4) is 5.75 Å². The number of hydrogen-bond acceptors (Lipinski definition) is 5. The third kappa shape index (κ3) is 5.06. The summed E-state index contributed by atoms with van der Waals surface area (Å²) in [5.41, 5.74) is 1.27. The average Bonchev–Trinajstić information content (AvgIpc) is 2.68. The van der Waals surface area contributed by atoms with Crippen LogP contribution in [0, 0.1) is 5.92 Å².